The fraction of sp³-hybridized carbons (Fsp3) is 0.529. The van der Waals surface area contributed by atoms with Crippen LogP contribution in [0.4, 0.5) is 0 Å². The first-order chi connectivity index (χ1) is 9.32. The van der Waals surface area contributed by atoms with Gasteiger partial charge in [0.1, 0.15) is 5.09 Å². The molecule has 1 aromatic carbocycles. The average Bonchev–Trinajstić information content (AvgIpc) is 2.34. The Kier molecular flexibility index (Phi) is 6.90. The van der Waals surface area contributed by atoms with Crippen molar-refractivity contribution in [3.63, 3.8) is 0 Å². The van der Waals surface area contributed by atoms with E-state index in [4.69, 9.17) is 4.43 Å². The first-order valence-corrected chi connectivity index (χ1v) is 11.0. The van der Waals surface area contributed by atoms with Gasteiger partial charge in [0.2, 0.25) is 9.04 Å². The van der Waals surface area contributed by atoms with E-state index in [0.717, 1.165) is 11.5 Å². The van der Waals surface area contributed by atoms with Crippen molar-refractivity contribution in [1.82, 2.24) is 0 Å². The van der Waals surface area contributed by atoms with Crippen molar-refractivity contribution in [2.24, 2.45) is 11.3 Å². The molecule has 0 saturated carbocycles. The van der Waals surface area contributed by atoms with Gasteiger partial charge in [-0.2, -0.15) is 0 Å². The summed E-state index contributed by atoms with van der Waals surface area (Å²) in [6, 6.07) is 10.5. The summed E-state index contributed by atoms with van der Waals surface area (Å²) in [5, 5.41) is 1.08. The van der Waals surface area contributed by atoms with Crippen LogP contribution in [-0.2, 0) is 4.43 Å². The average molecular weight is 309 g/mol. The van der Waals surface area contributed by atoms with Crippen LogP contribution in [0, 0.1) is 11.3 Å². The van der Waals surface area contributed by atoms with E-state index >= 15 is 0 Å². The highest BCUT2D eigenvalue weighted by atomic mass is 32.2. The minimum atomic E-state index is -1.08. The predicted molar refractivity (Wildman–Crippen MR) is 93.6 cm³/mol. The smallest absolute Gasteiger partial charge is 0.230 e. The van der Waals surface area contributed by atoms with Gasteiger partial charge in [0.15, 0.2) is 0 Å². The Labute approximate surface area is 130 Å². The monoisotopic (exact) mass is 308 g/mol. The minimum Gasteiger partial charge on any atom is -0.543 e. The van der Waals surface area contributed by atoms with E-state index in [-0.39, 0.29) is 5.41 Å². The molecule has 1 rings (SSSR count). The Hall–Kier alpha value is -0.673. The molecule has 0 aliphatic rings. The normalized spacial score (nSPS) is 14.4. The molecule has 1 atom stereocenters. The van der Waals surface area contributed by atoms with Gasteiger partial charge >= 0.3 is 0 Å². The van der Waals surface area contributed by atoms with Gasteiger partial charge in [0, 0.05) is 4.90 Å². The van der Waals surface area contributed by atoms with Gasteiger partial charge in [-0.05, 0) is 49.1 Å². The number of benzene rings is 1. The molecule has 0 radical (unpaired) electrons. The highest BCUT2D eigenvalue weighted by molar-refractivity contribution is 8.03. The van der Waals surface area contributed by atoms with Gasteiger partial charge in [-0.3, -0.25) is 0 Å². The van der Waals surface area contributed by atoms with Crippen molar-refractivity contribution in [2.45, 2.75) is 52.1 Å². The molecular formula is C17H28OSSi. The minimum absolute atomic E-state index is 0.277. The largest absolute Gasteiger partial charge is 0.543 e. The van der Waals surface area contributed by atoms with E-state index < -0.39 is 9.04 Å². The molecule has 0 aromatic heterocycles. The van der Waals surface area contributed by atoms with Crippen LogP contribution in [-0.4, -0.2) is 9.04 Å². The third-order valence-corrected chi connectivity index (χ3v) is 5.04. The second kappa shape index (κ2) is 7.94. The van der Waals surface area contributed by atoms with Crippen molar-refractivity contribution in [3.8, 4) is 0 Å². The maximum Gasteiger partial charge on any atom is 0.230 e. The van der Waals surface area contributed by atoms with Crippen LogP contribution < -0.4 is 0 Å². The van der Waals surface area contributed by atoms with Crippen molar-refractivity contribution in [1.29, 1.82) is 0 Å². The van der Waals surface area contributed by atoms with E-state index in [1.807, 2.05) is 0 Å². The molecular weight excluding hydrogens is 280 g/mol. The molecule has 0 saturated heterocycles. The topological polar surface area (TPSA) is 9.23 Å². The van der Waals surface area contributed by atoms with E-state index in [1.165, 1.54) is 4.90 Å². The number of hydrogen-bond acceptors (Lipinski definition) is 2. The summed E-state index contributed by atoms with van der Waals surface area (Å²) < 4.78 is 6.14. The lowest BCUT2D eigenvalue weighted by Gasteiger charge is -2.28. The summed E-state index contributed by atoms with van der Waals surface area (Å²) in [6.45, 7) is 13.6. The standard InChI is InChI=1S/C17H28OSSi/c1-7-14(17(2,3)4)13-16(18-20(5)6)19-15-11-9-8-10-12-15/h8-14,20H,7H2,1-6H3. The van der Waals surface area contributed by atoms with Gasteiger partial charge in [0.25, 0.3) is 0 Å². The molecule has 0 fully saturated rings. The lowest BCUT2D eigenvalue weighted by Crippen LogP contribution is -2.18. The molecule has 20 heavy (non-hydrogen) atoms. The van der Waals surface area contributed by atoms with E-state index in [0.29, 0.717) is 5.92 Å². The van der Waals surface area contributed by atoms with Gasteiger partial charge in [-0.25, -0.2) is 0 Å². The van der Waals surface area contributed by atoms with Crippen LogP contribution in [0.2, 0.25) is 13.1 Å². The van der Waals surface area contributed by atoms with Crippen LogP contribution in [0.15, 0.2) is 46.4 Å². The molecule has 0 spiro atoms. The van der Waals surface area contributed by atoms with E-state index in [9.17, 15) is 0 Å². The van der Waals surface area contributed by atoms with Gasteiger partial charge in [-0.1, -0.05) is 57.7 Å². The first kappa shape index (κ1) is 17.4. The lowest BCUT2D eigenvalue weighted by molar-refractivity contribution is 0.280. The maximum absolute atomic E-state index is 6.14. The quantitative estimate of drug-likeness (QED) is 0.379. The summed E-state index contributed by atoms with van der Waals surface area (Å²) >= 11 is 1.75. The Morgan fingerprint density at radius 3 is 2.30 bits per heavy atom. The zero-order valence-electron chi connectivity index (χ0n) is 13.6. The summed E-state index contributed by atoms with van der Waals surface area (Å²) in [7, 11) is -1.08. The molecule has 0 aliphatic carbocycles. The molecule has 0 heterocycles. The summed E-state index contributed by atoms with van der Waals surface area (Å²) in [6.07, 6.45) is 3.48. The molecule has 112 valence electrons. The Morgan fingerprint density at radius 1 is 1.25 bits per heavy atom. The van der Waals surface area contributed by atoms with Gasteiger partial charge in [0.05, 0.1) is 0 Å². The molecule has 1 unspecified atom stereocenters. The third-order valence-electron chi connectivity index (χ3n) is 3.20. The van der Waals surface area contributed by atoms with Crippen molar-refractivity contribution < 1.29 is 4.43 Å². The van der Waals surface area contributed by atoms with Crippen molar-refractivity contribution >= 4 is 20.8 Å². The second-order valence-electron chi connectivity index (χ2n) is 6.45. The molecule has 3 heteroatoms. The molecule has 1 nitrogen and oxygen atoms in total. The van der Waals surface area contributed by atoms with Crippen LogP contribution in [0.3, 0.4) is 0 Å². The fourth-order valence-electron chi connectivity index (χ4n) is 2.08. The summed E-state index contributed by atoms with van der Waals surface area (Å²) in [5.41, 5.74) is 0.277. The predicted octanol–water partition coefficient (Wildman–Crippen LogP) is 5.69. The number of thioether (sulfide) groups is 1. The van der Waals surface area contributed by atoms with E-state index in [1.54, 1.807) is 11.8 Å². The number of hydrogen-bond donors (Lipinski definition) is 0. The Balaban J connectivity index is 2.93. The zero-order valence-corrected chi connectivity index (χ0v) is 15.6. The number of rotatable bonds is 6. The zero-order chi connectivity index (χ0) is 15.2. The van der Waals surface area contributed by atoms with E-state index in [2.05, 4.69) is 77.2 Å². The Morgan fingerprint density at radius 2 is 1.85 bits per heavy atom. The molecule has 0 bridgehead atoms. The van der Waals surface area contributed by atoms with Crippen LogP contribution >= 0.6 is 11.8 Å². The highest BCUT2D eigenvalue weighted by Gasteiger charge is 2.22. The van der Waals surface area contributed by atoms with Gasteiger partial charge in [-0.15, -0.1) is 0 Å². The highest BCUT2D eigenvalue weighted by Crippen LogP contribution is 2.35. The molecule has 0 N–H and O–H groups in total. The van der Waals surface area contributed by atoms with Gasteiger partial charge < -0.3 is 4.43 Å². The maximum atomic E-state index is 6.14. The first-order valence-electron chi connectivity index (χ1n) is 7.44. The SMILES string of the molecule is CCC(C=C(O[SiH](C)C)Sc1ccccc1)C(C)(C)C. The summed E-state index contributed by atoms with van der Waals surface area (Å²) in [4.78, 5) is 1.25. The third kappa shape index (κ3) is 6.19. The van der Waals surface area contributed by atoms with Crippen LogP contribution in [0.5, 0.6) is 0 Å². The Bertz CT molecular complexity index is 420. The van der Waals surface area contributed by atoms with Crippen LogP contribution in [0.25, 0.3) is 0 Å². The van der Waals surface area contributed by atoms with Crippen LogP contribution in [0.1, 0.15) is 34.1 Å². The van der Waals surface area contributed by atoms with Crippen molar-refractivity contribution in [2.75, 3.05) is 0 Å². The fourth-order valence-corrected chi connectivity index (χ4v) is 4.15. The molecule has 0 aliphatic heterocycles. The molecule has 1 aromatic rings. The molecule has 0 amide bonds. The second-order valence-corrected chi connectivity index (χ2v) is 9.86. The summed E-state index contributed by atoms with van der Waals surface area (Å²) in [5.74, 6) is 0.543. The lowest BCUT2D eigenvalue weighted by atomic mass is 9.79. The number of allylic oxidation sites excluding steroid dienone is 1. The van der Waals surface area contributed by atoms with Crippen molar-refractivity contribution in [3.05, 3.63) is 41.5 Å².